The molecule has 4 nitrogen and oxygen atoms in total. The van der Waals surface area contributed by atoms with E-state index in [1.807, 2.05) is 37.3 Å². The molecule has 1 unspecified atom stereocenters. The maximum atomic E-state index is 12.5. The van der Waals surface area contributed by atoms with Gasteiger partial charge in [0.25, 0.3) is 5.91 Å². The molecule has 3 rings (SSSR count). The molecule has 124 valence electrons. The van der Waals surface area contributed by atoms with E-state index in [4.69, 9.17) is 35.4 Å². The fraction of sp³-hybridized carbons (Fsp3) is 0.176. The van der Waals surface area contributed by atoms with E-state index in [1.165, 1.54) is 0 Å². The second kappa shape index (κ2) is 6.97. The molecular weight excluding hydrogens is 365 g/mol. The van der Waals surface area contributed by atoms with Crippen molar-refractivity contribution in [1.29, 1.82) is 0 Å². The minimum Gasteiger partial charge on any atom is -0.330 e. The van der Waals surface area contributed by atoms with Crippen molar-refractivity contribution in [2.24, 2.45) is 5.92 Å². The Hall–Kier alpha value is -1.82. The van der Waals surface area contributed by atoms with Gasteiger partial charge in [0.2, 0.25) is 0 Å². The van der Waals surface area contributed by atoms with Crippen molar-refractivity contribution in [3.05, 3.63) is 58.6 Å². The van der Waals surface area contributed by atoms with Gasteiger partial charge in [0.05, 0.1) is 28.9 Å². The molecule has 1 amide bonds. The van der Waals surface area contributed by atoms with E-state index in [2.05, 4.69) is 5.32 Å². The Morgan fingerprint density at radius 2 is 1.92 bits per heavy atom. The number of nitrogens with one attached hydrogen (secondary N) is 1. The summed E-state index contributed by atoms with van der Waals surface area (Å²) in [6.45, 7) is 2.38. The Morgan fingerprint density at radius 3 is 2.62 bits per heavy atom. The summed E-state index contributed by atoms with van der Waals surface area (Å²) < 4.78 is 0. The summed E-state index contributed by atoms with van der Waals surface area (Å²) in [4.78, 5) is 12.5. The quantitative estimate of drug-likeness (QED) is 0.773. The molecule has 0 saturated carbocycles. The number of carbonyl (C=O) groups is 1. The molecule has 0 radical (unpaired) electrons. The van der Waals surface area contributed by atoms with Crippen LogP contribution in [-0.2, 0) is 4.79 Å². The van der Waals surface area contributed by atoms with Crippen LogP contribution in [0.4, 0.5) is 11.4 Å². The highest BCUT2D eigenvalue weighted by Crippen LogP contribution is 2.29. The Balaban J connectivity index is 1.87. The fourth-order valence-corrected chi connectivity index (χ4v) is 3.13. The molecule has 0 spiro atoms. The van der Waals surface area contributed by atoms with Crippen LogP contribution in [0.15, 0.2) is 48.5 Å². The predicted molar refractivity (Wildman–Crippen MR) is 102 cm³/mol. The molecule has 24 heavy (non-hydrogen) atoms. The topological polar surface area (TPSA) is 35.6 Å². The largest absolute Gasteiger partial charge is 0.330 e. The number of benzene rings is 2. The van der Waals surface area contributed by atoms with Crippen LogP contribution in [0.3, 0.4) is 0 Å². The van der Waals surface area contributed by atoms with Crippen LogP contribution >= 0.6 is 35.4 Å². The molecule has 2 aromatic rings. The third-order valence-electron chi connectivity index (χ3n) is 3.72. The zero-order valence-electron chi connectivity index (χ0n) is 12.9. The van der Waals surface area contributed by atoms with Gasteiger partial charge in [-0.3, -0.25) is 9.80 Å². The fourth-order valence-electron chi connectivity index (χ4n) is 2.53. The van der Waals surface area contributed by atoms with E-state index in [0.717, 1.165) is 5.69 Å². The standard InChI is InChI=1S/C17H15Cl2N3OS/c1-11-10-21(22(16(11)23)13-5-3-2-4-6-13)17(24)20-15-9-12(18)7-8-14(15)19/h2-9,11H,10H2,1H3,(H,20,24). The van der Waals surface area contributed by atoms with Gasteiger partial charge in [-0.15, -0.1) is 0 Å². The summed E-state index contributed by atoms with van der Waals surface area (Å²) in [6.07, 6.45) is 0. The molecule has 1 atom stereocenters. The molecule has 1 fully saturated rings. The predicted octanol–water partition coefficient (Wildman–Crippen LogP) is 4.59. The van der Waals surface area contributed by atoms with Crippen LogP contribution in [0.25, 0.3) is 0 Å². The number of nitrogens with zero attached hydrogens (tertiary/aromatic N) is 2. The molecule has 1 aliphatic rings. The van der Waals surface area contributed by atoms with Gasteiger partial charge in [-0.05, 0) is 42.5 Å². The Labute approximate surface area is 155 Å². The van der Waals surface area contributed by atoms with E-state index >= 15 is 0 Å². The van der Waals surface area contributed by atoms with E-state index < -0.39 is 0 Å². The second-order valence-electron chi connectivity index (χ2n) is 5.52. The van der Waals surface area contributed by atoms with Crippen LogP contribution in [0.1, 0.15) is 6.92 Å². The number of thiocarbonyl (C=S) groups is 1. The third kappa shape index (κ3) is 3.34. The lowest BCUT2D eigenvalue weighted by Crippen LogP contribution is -2.45. The van der Waals surface area contributed by atoms with Crippen LogP contribution in [0.5, 0.6) is 0 Å². The van der Waals surface area contributed by atoms with Gasteiger partial charge in [-0.25, -0.2) is 5.01 Å². The SMILES string of the molecule is CC1CN(C(=S)Nc2cc(Cl)ccc2Cl)N(c2ccccc2)C1=O. The van der Waals surface area contributed by atoms with Crippen LogP contribution in [0.2, 0.25) is 10.0 Å². The number of carbonyl (C=O) groups excluding carboxylic acids is 1. The maximum absolute atomic E-state index is 12.5. The number of para-hydroxylation sites is 1. The monoisotopic (exact) mass is 379 g/mol. The van der Waals surface area contributed by atoms with Gasteiger partial charge in [0.15, 0.2) is 5.11 Å². The molecule has 0 bridgehead atoms. The molecule has 7 heteroatoms. The number of rotatable bonds is 2. The molecule has 1 saturated heterocycles. The highest BCUT2D eigenvalue weighted by Gasteiger charge is 2.37. The second-order valence-corrected chi connectivity index (χ2v) is 6.75. The van der Waals surface area contributed by atoms with Gasteiger partial charge in [0.1, 0.15) is 0 Å². The lowest BCUT2D eigenvalue weighted by atomic mass is 10.2. The van der Waals surface area contributed by atoms with Crippen LogP contribution in [-0.4, -0.2) is 22.6 Å². The molecule has 1 heterocycles. The minimum atomic E-state index is -0.153. The number of hydrogen-bond acceptors (Lipinski definition) is 2. The summed E-state index contributed by atoms with van der Waals surface area (Å²) in [6, 6.07) is 14.5. The van der Waals surface area contributed by atoms with E-state index in [0.29, 0.717) is 27.4 Å². The summed E-state index contributed by atoms with van der Waals surface area (Å²) >= 11 is 17.7. The number of hydrazine groups is 1. The normalized spacial score (nSPS) is 17.3. The van der Waals surface area contributed by atoms with Crippen molar-refractivity contribution in [3.8, 4) is 0 Å². The number of amides is 1. The summed E-state index contributed by atoms with van der Waals surface area (Å²) in [5.41, 5.74) is 1.38. The molecular formula is C17H15Cl2N3OS. The molecule has 2 aromatic carbocycles. The summed E-state index contributed by atoms with van der Waals surface area (Å²) in [5.74, 6) is -0.151. The van der Waals surface area contributed by atoms with Gasteiger partial charge in [-0.1, -0.05) is 48.3 Å². The highest BCUT2D eigenvalue weighted by atomic mass is 35.5. The smallest absolute Gasteiger partial charge is 0.250 e. The van der Waals surface area contributed by atoms with Crippen molar-refractivity contribution < 1.29 is 4.79 Å². The van der Waals surface area contributed by atoms with Crippen LogP contribution < -0.4 is 10.3 Å². The van der Waals surface area contributed by atoms with Gasteiger partial charge in [-0.2, -0.15) is 0 Å². The number of hydrogen-bond donors (Lipinski definition) is 1. The van der Waals surface area contributed by atoms with Gasteiger partial charge in [0, 0.05) is 5.02 Å². The Kier molecular flexibility index (Phi) is 4.94. The first-order chi connectivity index (χ1) is 11.5. The number of anilines is 2. The number of halogens is 2. The van der Waals surface area contributed by atoms with E-state index in [-0.39, 0.29) is 11.8 Å². The first-order valence-electron chi connectivity index (χ1n) is 7.40. The van der Waals surface area contributed by atoms with Crippen molar-refractivity contribution in [2.75, 3.05) is 16.9 Å². The molecule has 0 aromatic heterocycles. The molecule has 1 N–H and O–H groups in total. The average Bonchev–Trinajstić information content (AvgIpc) is 2.87. The van der Waals surface area contributed by atoms with E-state index in [9.17, 15) is 4.79 Å². The summed E-state index contributed by atoms with van der Waals surface area (Å²) in [5, 5.41) is 7.87. The van der Waals surface area contributed by atoms with Crippen molar-refractivity contribution in [2.45, 2.75) is 6.92 Å². The van der Waals surface area contributed by atoms with E-state index in [1.54, 1.807) is 28.2 Å². The summed E-state index contributed by atoms with van der Waals surface area (Å²) in [7, 11) is 0. The zero-order valence-corrected chi connectivity index (χ0v) is 15.2. The van der Waals surface area contributed by atoms with Crippen molar-refractivity contribution in [3.63, 3.8) is 0 Å². The van der Waals surface area contributed by atoms with Gasteiger partial charge < -0.3 is 5.32 Å². The van der Waals surface area contributed by atoms with Crippen LogP contribution in [0, 0.1) is 5.92 Å². The van der Waals surface area contributed by atoms with Gasteiger partial charge >= 0.3 is 0 Å². The van der Waals surface area contributed by atoms with Crippen molar-refractivity contribution in [1.82, 2.24) is 5.01 Å². The molecule has 0 aliphatic carbocycles. The lowest BCUT2D eigenvalue weighted by molar-refractivity contribution is -0.120. The first kappa shape index (κ1) is 17.0. The third-order valence-corrected chi connectivity index (χ3v) is 4.60. The Morgan fingerprint density at radius 1 is 1.21 bits per heavy atom. The maximum Gasteiger partial charge on any atom is 0.250 e. The lowest BCUT2D eigenvalue weighted by Gasteiger charge is -2.30. The Bertz CT molecular complexity index is 785. The zero-order chi connectivity index (χ0) is 17.3. The first-order valence-corrected chi connectivity index (χ1v) is 8.56. The molecule has 1 aliphatic heterocycles. The highest BCUT2D eigenvalue weighted by molar-refractivity contribution is 7.80. The average molecular weight is 380 g/mol. The van der Waals surface area contributed by atoms with Crippen molar-refractivity contribution >= 4 is 57.8 Å². The minimum absolute atomic E-state index is 0.00235.